The maximum Gasteiger partial charge on any atom is 0.0992 e. The van der Waals surface area contributed by atoms with Crippen molar-refractivity contribution in [3.8, 4) is 24.3 Å². The van der Waals surface area contributed by atoms with Crippen LogP contribution in [0.5, 0.6) is 0 Å². The van der Waals surface area contributed by atoms with E-state index in [0.29, 0.717) is 90.8 Å². The lowest BCUT2D eigenvalue weighted by Gasteiger charge is -2.39. The Kier molecular flexibility index (Phi) is 20.4. The molecule has 76 heavy (non-hydrogen) atoms. The molecule has 4 fully saturated rings. The number of hydrogen-bond donors (Lipinski definition) is 8. The van der Waals surface area contributed by atoms with Gasteiger partial charge < -0.3 is 44.2 Å². The van der Waals surface area contributed by atoms with Gasteiger partial charge in [-0.05, 0) is 195 Å². The Morgan fingerprint density at radius 1 is 0.342 bits per heavy atom. The van der Waals surface area contributed by atoms with Crippen LogP contribution in [-0.4, -0.2) is 24.2 Å². The molecule has 0 bridgehead atoms. The first-order valence-corrected chi connectivity index (χ1v) is 27.8. The summed E-state index contributed by atoms with van der Waals surface area (Å²) in [6.07, 6.45) is 14.5. The van der Waals surface area contributed by atoms with Crippen LogP contribution in [0.2, 0.25) is 0 Å². The SMILES string of the molecule is C[C@@H]1C[C@@H](Nc2ccc(C#N)cc2N)CC(C)(C)C1.C[C@@H]1C[C@H](Nc2ccc(C#N)cc2N)CC(C)(C)C1.C[C@H]1C[C@@H](Nc2ccc(C#N)cc2N)CC(C)(C)C1.C[C@H]1C[C@H](Nc2ccc(C#N)cc2N)CC(C)(C)C1. The molecule has 0 unspecified atom stereocenters. The van der Waals surface area contributed by atoms with E-state index in [-0.39, 0.29) is 0 Å². The summed E-state index contributed by atoms with van der Waals surface area (Å²) in [5.74, 6) is 2.95. The highest BCUT2D eigenvalue weighted by Gasteiger charge is 2.35. The van der Waals surface area contributed by atoms with Crippen LogP contribution in [0.15, 0.2) is 72.8 Å². The van der Waals surface area contributed by atoms with Crippen molar-refractivity contribution in [2.75, 3.05) is 44.2 Å². The van der Waals surface area contributed by atoms with Crippen LogP contribution in [0.1, 0.15) is 182 Å². The number of nitrogen functional groups attached to an aromatic ring is 4. The minimum absolute atomic E-state index is 0.386. The summed E-state index contributed by atoms with van der Waals surface area (Å²) in [7, 11) is 0. The number of anilines is 8. The van der Waals surface area contributed by atoms with Crippen molar-refractivity contribution in [3.63, 3.8) is 0 Å². The molecule has 4 aliphatic rings. The summed E-state index contributed by atoms with van der Waals surface area (Å²) < 4.78 is 0. The van der Waals surface area contributed by atoms with Crippen molar-refractivity contribution >= 4 is 45.5 Å². The number of benzene rings is 4. The Morgan fingerprint density at radius 2 is 0.526 bits per heavy atom. The van der Waals surface area contributed by atoms with Gasteiger partial charge in [0.1, 0.15) is 0 Å². The summed E-state index contributed by atoms with van der Waals surface area (Å²) in [5.41, 5.74) is 34.5. The number of rotatable bonds is 8. The molecule has 12 heteroatoms. The van der Waals surface area contributed by atoms with Crippen LogP contribution >= 0.6 is 0 Å². The third kappa shape index (κ3) is 18.8. The van der Waals surface area contributed by atoms with Gasteiger partial charge in [0.15, 0.2) is 0 Å². The molecular formula is C64H92N12. The number of nitrogens with two attached hydrogens (primary N) is 4. The molecule has 0 saturated heterocycles. The summed E-state index contributed by atoms with van der Waals surface area (Å²) in [6.45, 7) is 27.9. The van der Waals surface area contributed by atoms with Crippen LogP contribution in [-0.2, 0) is 0 Å². The molecule has 8 rings (SSSR count). The Bertz CT molecular complexity index is 2370. The zero-order valence-corrected chi connectivity index (χ0v) is 48.1. The molecular weight excluding hydrogens is 937 g/mol. The van der Waals surface area contributed by atoms with Crippen molar-refractivity contribution in [1.82, 2.24) is 0 Å². The molecule has 0 aliphatic heterocycles. The third-order valence-corrected chi connectivity index (χ3v) is 15.7. The van der Waals surface area contributed by atoms with E-state index in [2.05, 4.69) is 129 Å². The molecule has 0 radical (unpaired) electrons. The minimum Gasteiger partial charge on any atom is -0.397 e. The van der Waals surface area contributed by atoms with Crippen LogP contribution < -0.4 is 44.2 Å². The Morgan fingerprint density at radius 3 is 0.671 bits per heavy atom. The summed E-state index contributed by atoms with van der Waals surface area (Å²) in [5, 5.41) is 49.6. The largest absolute Gasteiger partial charge is 0.397 e. The number of hydrogen-bond acceptors (Lipinski definition) is 12. The van der Waals surface area contributed by atoms with Gasteiger partial charge in [0.25, 0.3) is 0 Å². The molecule has 8 atom stereocenters. The van der Waals surface area contributed by atoms with Gasteiger partial charge in [-0.1, -0.05) is 83.1 Å². The second-order valence-electron chi connectivity index (χ2n) is 26.7. The molecule has 408 valence electrons. The second-order valence-corrected chi connectivity index (χ2v) is 26.7. The Hall–Kier alpha value is -6.76. The molecule has 4 aromatic carbocycles. The Balaban J connectivity index is 0.000000187. The van der Waals surface area contributed by atoms with Gasteiger partial charge in [-0.15, -0.1) is 0 Å². The summed E-state index contributed by atoms with van der Waals surface area (Å²) in [6, 6.07) is 32.2. The standard InChI is InChI=1S/4C16H23N3/c4*1-11-6-13(9-16(2,3)8-11)19-15-5-4-12(10-17)7-14(15)18/h4*4-5,7,11,13,19H,6,8-9,18H2,1-3H3/t2*11-,13+;2*11-,13-/m1010/s1. The van der Waals surface area contributed by atoms with Crippen LogP contribution in [0, 0.1) is 90.7 Å². The van der Waals surface area contributed by atoms with E-state index in [0.717, 1.165) is 72.1 Å². The molecule has 4 aliphatic carbocycles. The van der Waals surface area contributed by atoms with E-state index in [1.807, 2.05) is 48.5 Å². The highest BCUT2D eigenvalue weighted by molar-refractivity contribution is 5.71. The molecule has 0 amide bonds. The van der Waals surface area contributed by atoms with Gasteiger partial charge in [-0.25, -0.2) is 0 Å². The fraction of sp³-hybridized carbons (Fsp3) is 0.562. The summed E-state index contributed by atoms with van der Waals surface area (Å²) in [4.78, 5) is 0. The monoisotopic (exact) mass is 1030 g/mol. The predicted molar refractivity (Wildman–Crippen MR) is 319 cm³/mol. The third-order valence-electron chi connectivity index (χ3n) is 15.7. The number of nitrogens with zero attached hydrogens (tertiary/aromatic N) is 4. The average molecular weight is 1030 g/mol. The van der Waals surface area contributed by atoms with E-state index in [1.165, 1.54) is 51.4 Å². The quantitative estimate of drug-likeness (QED) is 0.0768. The molecule has 4 saturated carbocycles. The minimum atomic E-state index is 0.386. The van der Waals surface area contributed by atoms with E-state index < -0.39 is 0 Å². The molecule has 0 aromatic heterocycles. The van der Waals surface area contributed by atoms with Crippen molar-refractivity contribution in [3.05, 3.63) is 95.1 Å². The Labute approximate surface area is 457 Å². The van der Waals surface area contributed by atoms with Gasteiger partial charge in [0.2, 0.25) is 0 Å². The highest BCUT2D eigenvalue weighted by Crippen LogP contribution is 2.43. The predicted octanol–water partition coefficient (Wildman–Crippen LogP) is 15.1. The first-order valence-electron chi connectivity index (χ1n) is 27.8. The molecule has 12 N–H and O–H groups in total. The molecule has 0 spiro atoms. The van der Waals surface area contributed by atoms with Crippen LogP contribution in [0.3, 0.4) is 0 Å². The zero-order chi connectivity index (χ0) is 56.2. The lowest BCUT2D eigenvalue weighted by molar-refractivity contribution is 0.177. The lowest BCUT2D eigenvalue weighted by Crippen LogP contribution is -2.35. The van der Waals surface area contributed by atoms with Gasteiger partial charge in [0, 0.05) is 24.2 Å². The smallest absolute Gasteiger partial charge is 0.0992 e. The number of nitrogens with one attached hydrogen (secondary N) is 4. The molecule has 4 aromatic rings. The normalized spacial score (nSPS) is 25.6. The van der Waals surface area contributed by atoms with Crippen molar-refractivity contribution < 1.29 is 0 Å². The van der Waals surface area contributed by atoms with Gasteiger partial charge in [0.05, 0.1) is 92.0 Å². The van der Waals surface area contributed by atoms with Gasteiger partial charge in [-0.2, -0.15) is 21.0 Å². The number of nitriles is 4. The van der Waals surface area contributed by atoms with E-state index in [4.69, 9.17) is 44.0 Å². The lowest BCUT2D eigenvalue weighted by atomic mass is 9.70. The average Bonchev–Trinajstić information content (AvgIpc) is 3.29. The summed E-state index contributed by atoms with van der Waals surface area (Å²) >= 11 is 0. The van der Waals surface area contributed by atoms with Crippen molar-refractivity contribution in [2.24, 2.45) is 45.3 Å². The zero-order valence-electron chi connectivity index (χ0n) is 48.1. The van der Waals surface area contributed by atoms with E-state index >= 15 is 0 Å². The van der Waals surface area contributed by atoms with E-state index in [1.54, 1.807) is 24.3 Å². The van der Waals surface area contributed by atoms with Crippen molar-refractivity contribution in [2.45, 2.75) is 184 Å². The molecule has 0 heterocycles. The van der Waals surface area contributed by atoms with Crippen molar-refractivity contribution in [1.29, 1.82) is 21.0 Å². The van der Waals surface area contributed by atoms with Gasteiger partial charge in [-0.3, -0.25) is 0 Å². The maximum absolute atomic E-state index is 8.85. The van der Waals surface area contributed by atoms with Crippen LogP contribution in [0.25, 0.3) is 0 Å². The first kappa shape index (κ1) is 60.1. The maximum atomic E-state index is 8.85. The van der Waals surface area contributed by atoms with Crippen LogP contribution in [0.4, 0.5) is 45.5 Å². The molecule has 12 nitrogen and oxygen atoms in total. The fourth-order valence-corrected chi connectivity index (χ4v) is 13.8. The first-order chi connectivity index (χ1) is 35.6. The highest BCUT2D eigenvalue weighted by atomic mass is 15.0. The second kappa shape index (κ2) is 25.9. The van der Waals surface area contributed by atoms with Gasteiger partial charge >= 0.3 is 0 Å². The van der Waals surface area contributed by atoms with E-state index in [9.17, 15) is 0 Å². The topological polar surface area (TPSA) is 247 Å². The fourth-order valence-electron chi connectivity index (χ4n) is 13.8.